The highest BCUT2D eigenvalue weighted by Gasteiger charge is 2.13. The van der Waals surface area contributed by atoms with Crippen molar-refractivity contribution < 1.29 is 22.3 Å². The summed E-state index contributed by atoms with van der Waals surface area (Å²) < 4.78 is 63.1. The summed E-state index contributed by atoms with van der Waals surface area (Å²) in [5, 5.41) is 1.26. The van der Waals surface area contributed by atoms with Crippen molar-refractivity contribution in [3.05, 3.63) is 112 Å². The Morgan fingerprint density at radius 1 is 0.632 bits per heavy atom. The van der Waals surface area contributed by atoms with Gasteiger partial charge in [-0.05, 0) is 66.3 Å². The van der Waals surface area contributed by atoms with Crippen LogP contribution in [0.25, 0.3) is 10.8 Å². The average molecular weight is 523 g/mol. The Bertz CT molecular complexity index is 1320. The Morgan fingerprint density at radius 2 is 1.32 bits per heavy atom. The number of hydrogen-bond acceptors (Lipinski definition) is 1. The van der Waals surface area contributed by atoms with Crippen molar-refractivity contribution in [2.75, 3.05) is 6.61 Å². The number of aryl methyl sites for hydroxylation is 3. The molecule has 0 bridgehead atoms. The number of fused-ring (bicyclic) bond motifs is 1. The van der Waals surface area contributed by atoms with Crippen LogP contribution < -0.4 is 4.74 Å². The van der Waals surface area contributed by atoms with Crippen molar-refractivity contribution in [2.45, 2.75) is 64.7 Å². The maximum absolute atomic E-state index is 15.2. The number of unbranched alkanes of at least 4 members (excludes halogenated alkanes) is 4. The van der Waals surface area contributed by atoms with Crippen LogP contribution in [0.4, 0.5) is 17.6 Å². The fraction of sp³-hybridized carbons (Fsp3) is 0.333. The van der Waals surface area contributed by atoms with E-state index in [0.29, 0.717) is 36.8 Å². The zero-order valence-electron chi connectivity index (χ0n) is 21.8. The molecule has 0 aliphatic rings. The molecule has 0 aliphatic carbocycles. The van der Waals surface area contributed by atoms with Crippen LogP contribution in [-0.4, -0.2) is 6.61 Å². The van der Waals surface area contributed by atoms with Crippen molar-refractivity contribution >= 4 is 10.8 Å². The van der Waals surface area contributed by atoms with E-state index in [4.69, 9.17) is 4.74 Å². The molecule has 4 aromatic carbocycles. The van der Waals surface area contributed by atoms with Crippen LogP contribution in [-0.2, 0) is 25.7 Å². The Morgan fingerprint density at radius 3 is 2.05 bits per heavy atom. The zero-order chi connectivity index (χ0) is 26.9. The van der Waals surface area contributed by atoms with Gasteiger partial charge in [0.15, 0.2) is 0 Å². The molecule has 0 aliphatic heterocycles. The predicted molar refractivity (Wildman–Crippen MR) is 146 cm³/mol. The lowest BCUT2D eigenvalue weighted by Crippen LogP contribution is -2.03. The standard InChI is InChI=1S/C33H34F4O/c1-2-3-4-5-6-19-38-28-21-31(35)30(32(36)22-28)18-11-24-10-17-29-26(20-24)14-13-25(33(29)37)12-7-23-8-15-27(34)16-9-23/h8-10,13-17,20-22H,2-7,11-12,18-19H2,1H3. The second kappa shape index (κ2) is 13.5. The smallest absolute Gasteiger partial charge is 0.134 e. The Balaban J connectivity index is 1.36. The lowest BCUT2D eigenvalue weighted by molar-refractivity contribution is 0.301. The number of ether oxygens (including phenoxy) is 1. The summed E-state index contributed by atoms with van der Waals surface area (Å²) >= 11 is 0. The number of hydrogen-bond donors (Lipinski definition) is 0. The molecule has 0 spiro atoms. The van der Waals surface area contributed by atoms with E-state index in [1.807, 2.05) is 12.1 Å². The van der Waals surface area contributed by atoms with Crippen LogP contribution >= 0.6 is 0 Å². The second-order valence-corrected chi connectivity index (χ2v) is 9.85. The highest BCUT2D eigenvalue weighted by Crippen LogP contribution is 2.26. The van der Waals surface area contributed by atoms with Crippen LogP contribution in [0.15, 0.2) is 66.7 Å². The van der Waals surface area contributed by atoms with Gasteiger partial charge >= 0.3 is 0 Å². The molecular weight excluding hydrogens is 488 g/mol. The first-order chi connectivity index (χ1) is 18.4. The van der Waals surface area contributed by atoms with Gasteiger partial charge in [0, 0.05) is 23.1 Å². The minimum atomic E-state index is -0.608. The molecule has 0 atom stereocenters. The van der Waals surface area contributed by atoms with E-state index in [1.54, 1.807) is 30.3 Å². The molecule has 0 saturated heterocycles. The van der Waals surface area contributed by atoms with Gasteiger partial charge in [-0.2, -0.15) is 0 Å². The Labute approximate surface area is 222 Å². The third-order valence-electron chi connectivity index (χ3n) is 6.99. The predicted octanol–water partition coefficient (Wildman–Crippen LogP) is 9.32. The largest absolute Gasteiger partial charge is 0.493 e. The average Bonchev–Trinajstić information content (AvgIpc) is 2.91. The summed E-state index contributed by atoms with van der Waals surface area (Å²) in [5.41, 5.74) is 2.45. The van der Waals surface area contributed by atoms with Crippen LogP contribution in [0.2, 0.25) is 0 Å². The molecular formula is C33H34F4O. The van der Waals surface area contributed by atoms with Crippen molar-refractivity contribution in [1.82, 2.24) is 0 Å². The van der Waals surface area contributed by atoms with Gasteiger partial charge in [-0.15, -0.1) is 0 Å². The summed E-state index contributed by atoms with van der Waals surface area (Å²) in [4.78, 5) is 0. The monoisotopic (exact) mass is 522 g/mol. The summed E-state index contributed by atoms with van der Waals surface area (Å²) in [7, 11) is 0. The third kappa shape index (κ3) is 7.37. The number of halogens is 4. The molecule has 0 aromatic heterocycles. The maximum atomic E-state index is 15.2. The van der Waals surface area contributed by atoms with Gasteiger partial charge in [-0.25, -0.2) is 17.6 Å². The first-order valence-corrected chi connectivity index (χ1v) is 13.5. The van der Waals surface area contributed by atoms with E-state index < -0.39 is 11.6 Å². The normalized spacial score (nSPS) is 11.3. The molecule has 1 nitrogen and oxygen atoms in total. The SMILES string of the molecule is CCCCCCCOc1cc(F)c(CCc2ccc3c(F)c(CCc4ccc(F)cc4)ccc3c2)c(F)c1. The molecule has 0 saturated carbocycles. The molecule has 0 N–H and O–H groups in total. The first kappa shape index (κ1) is 27.7. The topological polar surface area (TPSA) is 9.23 Å². The molecule has 5 heteroatoms. The van der Waals surface area contributed by atoms with E-state index >= 15 is 4.39 Å². The Hall–Kier alpha value is -3.34. The molecule has 4 rings (SSSR count). The van der Waals surface area contributed by atoms with E-state index in [-0.39, 0.29) is 29.4 Å². The molecule has 0 amide bonds. The summed E-state index contributed by atoms with van der Waals surface area (Å²) in [6, 6.07) is 17.8. The fourth-order valence-electron chi connectivity index (χ4n) is 4.73. The van der Waals surface area contributed by atoms with Crippen LogP contribution in [0.1, 0.15) is 61.3 Å². The lowest BCUT2D eigenvalue weighted by atomic mass is 9.97. The van der Waals surface area contributed by atoms with E-state index in [9.17, 15) is 13.2 Å². The van der Waals surface area contributed by atoms with Crippen LogP contribution in [0.5, 0.6) is 5.75 Å². The molecule has 0 radical (unpaired) electrons. The van der Waals surface area contributed by atoms with E-state index in [0.717, 1.165) is 42.2 Å². The van der Waals surface area contributed by atoms with E-state index in [2.05, 4.69) is 6.92 Å². The van der Waals surface area contributed by atoms with Gasteiger partial charge in [0.1, 0.15) is 29.0 Å². The maximum Gasteiger partial charge on any atom is 0.134 e. The highest BCUT2D eigenvalue weighted by molar-refractivity contribution is 5.84. The minimum Gasteiger partial charge on any atom is -0.493 e. The summed E-state index contributed by atoms with van der Waals surface area (Å²) in [5.74, 6) is -1.56. The first-order valence-electron chi connectivity index (χ1n) is 13.5. The summed E-state index contributed by atoms with van der Waals surface area (Å²) in [6.07, 6.45) is 7.13. The zero-order valence-corrected chi connectivity index (χ0v) is 21.8. The van der Waals surface area contributed by atoms with E-state index in [1.165, 1.54) is 30.7 Å². The molecule has 0 heterocycles. The van der Waals surface area contributed by atoms with Gasteiger partial charge in [0.2, 0.25) is 0 Å². The van der Waals surface area contributed by atoms with Gasteiger partial charge in [-0.3, -0.25) is 0 Å². The van der Waals surface area contributed by atoms with Crippen molar-refractivity contribution in [1.29, 1.82) is 0 Å². The molecule has 0 fully saturated rings. The second-order valence-electron chi connectivity index (χ2n) is 9.85. The quantitative estimate of drug-likeness (QED) is 0.126. The van der Waals surface area contributed by atoms with Gasteiger partial charge in [0.25, 0.3) is 0 Å². The Kier molecular flexibility index (Phi) is 9.80. The van der Waals surface area contributed by atoms with Gasteiger partial charge in [-0.1, -0.05) is 75.1 Å². The van der Waals surface area contributed by atoms with Crippen molar-refractivity contribution in [3.8, 4) is 5.75 Å². The number of benzene rings is 4. The minimum absolute atomic E-state index is 0.0303. The van der Waals surface area contributed by atoms with Gasteiger partial charge < -0.3 is 4.74 Å². The summed E-state index contributed by atoms with van der Waals surface area (Å²) in [6.45, 7) is 2.60. The fourth-order valence-corrected chi connectivity index (χ4v) is 4.73. The van der Waals surface area contributed by atoms with Crippen molar-refractivity contribution in [2.24, 2.45) is 0 Å². The van der Waals surface area contributed by atoms with Crippen LogP contribution in [0.3, 0.4) is 0 Å². The van der Waals surface area contributed by atoms with Crippen molar-refractivity contribution in [3.63, 3.8) is 0 Å². The molecule has 200 valence electrons. The highest BCUT2D eigenvalue weighted by atomic mass is 19.1. The molecule has 38 heavy (non-hydrogen) atoms. The molecule has 4 aromatic rings. The van der Waals surface area contributed by atoms with Crippen LogP contribution in [0, 0.1) is 23.3 Å². The van der Waals surface area contributed by atoms with Gasteiger partial charge in [0.05, 0.1) is 6.61 Å². The molecule has 0 unspecified atom stereocenters. The lowest BCUT2D eigenvalue weighted by Gasteiger charge is -2.11. The third-order valence-corrected chi connectivity index (χ3v) is 6.99. The number of rotatable bonds is 13.